The number of aryl methyl sites for hydroxylation is 1. The van der Waals surface area contributed by atoms with Crippen LogP contribution in [0.4, 0.5) is 5.13 Å². The number of para-hydroxylation sites is 1. The van der Waals surface area contributed by atoms with Gasteiger partial charge in [0.15, 0.2) is 6.61 Å². The fraction of sp³-hybridized carbons (Fsp3) is 0.150. The lowest BCUT2D eigenvalue weighted by Crippen LogP contribution is -2.20. The molecule has 0 bridgehead atoms. The van der Waals surface area contributed by atoms with E-state index in [1.165, 1.54) is 11.3 Å². The molecule has 1 N–H and O–H groups in total. The largest absolute Gasteiger partial charge is 0.483 e. The summed E-state index contributed by atoms with van der Waals surface area (Å²) in [6.07, 6.45) is 0.770. The Labute approximate surface area is 170 Å². The Morgan fingerprint density at radius 2 is 1.90 bits per heavy atom. The van der Waals surface area contributed by atoms with Crippen LogP contribution in [-0.4, -0.2) is 32.9 Å². The molecule has 0 radical (unpaired) electrons. The van der Waals surface area contributed by atoms with Gasteiger partial charge in [-0.2, -0.15) is 4.98 Å². The third-order valence-electron chi connectivity index (χ3n) is 3.95. The second kappa shape index (κ2) is 8.61. The van der Waals surface area contributed by atoms with Gasteiger partial charge in [0.25, 0.3) is 11.8 Å². The monoisotopic (exact) mass is 407 g/mol. The molecule has 4 rings (SSSR count). The summed E-state index contributed by atoms with van der Waals surface area (Å²) >= 11 is 1.34. The minimum atomic E-state index is -0.325. The molecule has 0 spiro atoms. The first-order valence-electron chi connectivity index (χ1n) is 8.96. The highest BCUT2D eigenvalue weighted by Crippen LogP contribution is 2.30. The molecule has 0 fully saturated rings. The van der Waals surface area contributed by atoms with Crippen molar-refractivity contribution in [2.75, 3.05) is 11.9 Å². The molecule has 0 aliphatic rings. The van der Waals surface area contributed by atoms with Crippen LogP contribution in [0.2, 0.25) is 0 Å². The van der Waals surface area contributed by atoms with E-state index in [0.29, 0.717) is 28.2 Å². The predicted octanol–water partition coefficient (Wildman–Crippen LogP) is 3.84. The van der Waals surface area contributed by atoms with Gasteiger partial charge in [0, 0.05) is 5.56 Å². The van der Waals surface area contributed by atoms with Crippen molar-refractivity contribution in [3.8, 4) is 28.6 Å². The molecule has 29 heavy (non-hydrogen) atoms. The summed E-state index contributed by atoms with van der Waals surface area (Å²) < 4.78 is 11.1. The number of anilines is 1. The molecule has 9 heteroatoms. The lowest BCUT2D eigenvalue weighted by molar-refractivity contribution is -0.118. The zero-order valence-electron chi connectivity index (χ0n) is 15.5. The molecule has 1 amide bonds. The standard InChI is InChI=1S/C20H17N5O3S/c1-2-17-23-24-20(29-17)21-16(26)12-27-15-11-7-6-10-14(15)19-22-18(25-28-19)13-8-4-3-5-9-13/h3-11H,2,12H2,1H3,(H,21,24,26). The Kier molecular flexibility index (Phi) is 5.57. The lowest BCUT2D eigenvalue weighted by Gasteiger charge is -2.08. The topological polar surface area (TPSA) is 103 Å². The van der Waals surface area contributed by atoms with E-state index in [-0.39, 0.29) is 12.5 Å². The number of ether oxygens (including phenoxy) is 1. The van der Waals surface area contributed by atoms with E-state index in [0.717, 1.165) is 17.0 Å². The molecular formula is C20H17N5O3S. The van der Waals surface area contributed by atoms with Gasteiger partial charge in [0.1, 0.15) is 10.8 Å². The van der Waals surface area contributed by atoms with Crippen LogP contribution in [0.5, 0.6) is 5.75 Å². The van der Waals surface area contributed by atoms with Crippen LogP contribution in [-0.2, 0) is 11.2 Å². The third-order valence-corrected chi connectivity index (χ3v) is 4.93. The van der Waals surface area contributed by atoms with Gasteiger partial charge >= 0.3 is 0 Å². The minimum absolute atomic E-state index is 0.183. The summed E-state index contributed by atoms with van der Waals surface area (Å²) in [7, 11) is 0. The Bertz CT molecular complexity index is 1110. The van der Waals surface area contributed by atoms with Crippen molar-refractivity contribution >= 4 is 22.4 Å². The van der Waals surface area contributed by atoms with Gasteiger partial charge in [-0.25, -0.2) is 0 Å². The van der Waals surface area contributed by atoms with Crippen LogP contribution in [0.1, 0.15) is 11.9 Å². The molecule has 2 aromatic heterocycles. The molecule has 2 heterocycles. The number of nitrogens with zero attached hydrogens (tertiary/aromatic N) is 4. The predicted molar refractivity (Wildman–Crippen MR) is 109 cm³/mol. The molecule has 0 saturated heterocycles. The number of carbonyl (C=O) groups is 1. The molecule has 0 unspecified atom stereocenters. The molecule has 0 aliphatic carbocycles. The number of nitrogens with one attached hydrogen (secondary N) is 1. The third kappa shape index (κ3) is 4.46. The molecule has 0 atom stereocenters. The second-order valence-electron chi connectivity index (χ2n) is 5.98. The average molecular weight is 407 g/mol. The van der Waals surface area contributed by atoms with E-state index >= 15 is 0 Å². The highest BCUT2D eigenvalue weighted by atomic mass is 32.1. The summed E-state index contributed by atoms with van der Waals surface area (Å²) in [6.45, 7) is 1.80. The van der Waals surface area contributed by atoms with Gasteiger partial charge in [0.2, 0.25) is 11.0 Å². The first-order valence-corrected chi connectivity index (χ1v) is 9.78. The smallest absolute Gasteiger partial charge is 0.264 e. The Morgan fingerprint density at radius 1 is 1.10 bits per heavy atom. The van der Waals surface area contributed by atoms with E-state index in [2.05, 4.69) is 25.7 Å². The molecular weight excluding hydrogens is 390 g/mol. The number of rotatable bonds is 7. The Morgan fingerprint density at radius 3 is 2.69 bits per heavy atom. The van der Waals surface area contributed by atoms with E-state index in [1.54, 1.807) is 12.1 Å². The lowest BCUT2D eigenvalue weighted by atomic mass is 10.2. The van der Waals surface area contributed by atoms with Crippen LogP contribution in [0.3, 0.4) is 0 Å². The van der Waals surface area contributed by atoms with Gasteiger partial charge in [-0.1, -0.05) is 65.9 Å². The molecule has 0 saturated carbocycles. The summed E-state index contributed by atoms with van der Waals surface area (Å²) in [5, 5.41) is 15.9. The van der Waals surface area contributed by atoms with Crippen molar-refractivity contribution in [3.63, 3.8) is 0 Å². The first-order chi connectivity index (χ1) is 14.2. The van der Waals surface area contributed by atoms with Gasteiger partial charge in [-0.15, -0.1) is 10.2 Å². The van der Waals surface area contributed by atoms with Crippen LogP contribution in [0.15, 0.2) is 59.1 Å². The van der Waals surface area contributed by atoms with Gasteiger partial charge in [-0.05, 0) is 18.6 Å². The van der Waals surface area contributed by atoms with Gasteiger partial charge in [0.05, 0.1) is 5.56 Å². The normalized spacial score (nSPS) is 10.7. The van der Waals surface area contributed by atoms with Gasteiger partial charge < -0.3 is 9.26 Å². The maximum atomic E-state index is 12.2. The number of amides is 1. The summed E-state index contributed by atoms with van der Waals surface area (Å²) in [5.41, 5.74) is 1.46. The van der Waals surface area contributed by atoms with Crippen molar-refractivity contribution in [3.05, 3.63) is 59.6 Å². The quantitative estimate of drug-likeness (QED) is 0.496. The number of benzene rings is 2. The van der Waals surface area contributed by atoms with E-state index in [9.17, 15) is 4.79 Å². The minimum Gasteiger partial charge on any atom is -0.483 e. The average Bonchev–Trinajstić information content (AvgIpc) is 3.43. The molecule has 4 aromatic rings. The summed E-state index contributed by atoms with van der Waals surface area (Å²) in [6, 6.07) is 16.7. The zero-order valence-corrected chi connectivity index (χ0v) is 16.3. The Hall–Kier alpha value is -3.59. The Balaban J connectivity index is 1.46. The van der Waals surface area contributed by atoms with Crippen LogP contribution >= 0.6 is 11.3 Å². The number of hydrogen-bond donors (Lipinski definition) is 1. The fourth-order valence-electron chi connectivity index (χ4n) is 2.55. The molecule has 8 nitrogen and oxygen atoms in total. The van der Waals surface area contributed by atoms with Crippen LogP contribution < -0.4 is 10.1 Å². The zero-order chi connectivity index (χ0) is 20.1. The summed E-state index contributed by atoms with van der Waals surface area (Å²) in [4.78, 5) is 16.6. The SMILES string of the molecule is CCc1nnc(NC(=O)COc2ccccc2-c2nc(-c3ccccc3)no2)s1. The number of aromatic nitrogens is 4. The van der Waals surface area contributed by atoms with Crippen molar-refractivity contribution < 1.29 is 14.1 Å². The van der Waals surface area contributed by atoms with Crippen LogP contribution in [0, 0.1) is 0 Å². The highest BCUT2D eigenvalue weighted by Gasteiger charge is 2.16. The summed E-state index contributed by atoms with van der Waals surface area (Å²) in [5.74, 6) is 0.944. The highest BCUT2D eigenvalue weighted by molar-refractivity contribution is 7.15. The van der Waals surface area contributed by atoms with Crippen molar-refractivity contribution in [1.82, 2.24) is 20.3 Å². The maximum absolute atomic E-state index is 12.2. The second-order valence-corrected chi connectivity index (χ2v) is 7.04. The number of hydrogen-bond acceptors (Lipinski definition) is 8. The number of carbonyl (C=O) groups excluding carboxylic acids is 1. The fourth-order valence-corrected chi connectivity index (χ4v) is 3.25. The van der Waals surface area contributed by atoms with Crippen molar-refractivity contribution in [2.45, 2.75) is 13.3 Å². The maximum Gasteiger partial charge on any atom is 0.264 e. The van der Waals surface area contributed by atoms with Crippen molar-refractivity contribution in [2.24, 2.45) is 0 Å². The molecule has 146 valence electrons. The first kappa shape index (κ1) is 18.8. The van der Waals surface area contributed by atoms with E-state index in [1.807, 2.05) is 49.4 Å². The molecule has 0 aliphatic heterocycles. The van der Waals surface area contributed by atoms with Crippen molar-refractivity contribution in [1.29, 1.82) is 0 Å². The van der Waals surface area contributed by atoms with E-state index in [4.69, 9.17) is 9.26 Å². The molecule has 2 aromatic carbocycles. The van der Waals surface area contributed by atoms with Gasteiger partial charge in [-0.3, -0.25) is 10.1 Å². The van der Waals surface area contributed by atoms with E-state index < -0.39 is 0 Å². The van der Waals surface area contributed by atoms with Crippen LogP contribution in [0.25, 0.3) is 22.8 Å².